The van der Waals surface area contributed by atoms with Gasteiger partial charge in [0.1, 0.15) is 5.82 Å². The smallest absolute Gasteiger partial charge is 0.228 e. The molecule has 1 aromatic carbocycles. The zero-order chi connectivity index (χ0) is 18.0. The fraction of sp³-hybridized carbons (Fsp3) is 0.474. The van der Waals surface area contributed by atoms with Crippen molar-refractivity contribution in [2.75, 3.05) is 13.1 Å². The third-order valence-electron chi connectivity index (χ3n) is 4.87. The van der Waals surface area contributed by atoms with E-state index >= 15 is 0 Å². The number of rotatable bonds is 4. The zero-order valence-corrected chi connectivity index (χ0v) is 17.9. The Hall–Kier alpha value is -1.21. The van der Waals surface area contributed by atoms with Crippen molar-refractivity contribution in [1.82, 2.24) is 9.88 Å². The first kappa shape index (κ1) is 23.8. The summed E-state index contributed by atoms with van der Waals surface area (Å²) in [4.78, 5) is 19.0. The average Bonchev–Trinajstić information content (AvgIpc) is 2.99. The fourth-order valence-electron chi connectivity index (χ4n) is 3.14. The lowest BCUT2D eigenvalue weighted by Crippen LogP contribution is -2.54. The van der Waals surface area contributed by atoms with E-state index in [2.05, 4.69) is 18.8 Å². The van der Waals surface area contributed by atoms with Crippen LogP contribution in [0.15, 0.2) is 29.6 Å². The Bertz CT molecular complexity index is 752. The summed E-state index contributed by atoms with van der Waals surface area (Å²) >= 11 is 1.54. The number of halogens is 3. The molecule has 0 saturated carbocycles. The molecule has 0 aliphatic carbocycles. The fourth-order valence-corrected chi connectivity index (χ4v) is 3.97. The summed E-state index contributed by atoms with van der Waals surface area (Å²) in [6, 6.07) is 6.58. The van der Waals surface area contributed by atoms with E-state index in [0.29, 0.717) is 19.4 Å². The predicted molar refractivity (Wildman–Crippen MR) is 112 cm³/mol. The lowest BCUT2D eigenvalue weighted by Gasteiger charge is -2.42. The number of amides is 1. The number of hydrogen-bond acceptors (Lipinski definition) is 4. The van der Waals surface area contributed by atoms with Gasteiger partial charge in [0.05, 0.1) is 17.1 Å². The van der Waals surface area contributed by atoms with Crippen LogP contribution in [0.3, 0.4) is 0 Å². The Labute approximate surface area is 176 Å². The van der Waals surface area contributed by atoms with Crippen molar-refractivity contribution in [2.45, 2.75) is 39.2 Å². The second-order valence-electron chi connectivity index (χ2n) is 7.41. The van der Waals surface area contributed by atoms with E-state index in [1.165, 1.54) is 12.1 Å². The van der Waals surface area contributed by atoms with Crippen molar-refractivity contribution in [3.05, 3.63) is 51.7 Å². The lowest BCUT2D eigenvalue weighted by atomic mass is 9.79. The zero-order valence-electron chi connectivity index (χ0n) is 15.5. The van der Waals surface area contributed by atoms with Gasteiger partial charge in [-0.25, -0.2) is 9.37 Å². The largest absolute Gasteiger partial charge is 0.342 e. The number of piperidine rings is 1. The van der Waals surface area contributed by atoms with Gasteiger partial charge in [-0.3, -0.25) is 4.79 Å². The minimum atomic E-state index is -0.238. The van der Waals surface area contributed by atoms with Crippen LogP contribution in [-0.2, 0) is 17.6 Å². The number of thiazole rings is 1. The van der Waals surface area contributed by atoms with Gasteiger partial charge in [0.15, 0.2) is 0 Å². The Kier molecular flexibility index (Phi) is 8.67. The van der Waals surface area contributed by atoms with Gasteiger partial charge in [-0.05, 0) is 29.5 Å². The second-order valence-corrected chi connectivity index (χ2v) is 8.35. The number of hydrogen-bond donors (Lipinski definition) is 1. The lowest BCUT2D eigenvalue weighted by molar-refractivity contribution is -0.133. The first-order chi connectivity index (χ1) is 11.8. The van der Waals surface area contributed by atoms with Crippen LogP contribution in [0.1, 0.15) is 36.5 Å². The molecule has 1 aliphatic heterocycles. The highest BCUT2D eigenvalue weighted by Gasteiger charge is 2.35. The molecule has 150 valence electrons. The van der Waals surface area contributed by atoms with Crippen LogP contribution >= 0.6 is 36.2 Å². The molecule has 2 aromatic rings. The van der Waals surface area contributed by atoms with Crippen molar-refractivity contribution in [3.8, 4) is 0 Å². The van der Waals surface area contributed by atoms with E-state index in [9.17, 15) is 9.18 Å². The van der Waals surface area contributed by atoms with Crippen LogP contribution in [0.2, 0.25) is 0 Å². The van der Waals surface area contributed by atoms with E-state index in [4.69, 9.17) is 5.73 Å². The van der Waals surface area contributed by atoms with E-state index in [1.807, 2.05) is 10.3 Å². The summed E-state index contributed by atoms with van der Waals surface area (Å²) in [5, 5.41) is 2.88. The molecular weight excluding hydrogens is 408 g/mol. The summed E-state index contributed by atoms with van der Waals surface area (Å²) in [5.41, 5.74) is 7.91. The third-order valence-corrected chi connectivity index (χ3v) is 5.76. The van der Waals surface area contributed by atoms with Gasteiger partial charge in [-0.1, -0.05) is 26.0 Å². The molecule has 1 aliphatic rings. The van der Waals surface area contributed by atoms with Crippen molar-refractivity contribution >= 4 is 42.1 Å². The maximum Gasteiger partial charge on any atom is 0.228 e. The van der Waals surface area contributed by atoms with E-state index < -0.39 is 0 Å². The molecule has 8 heteroatoms. The number of nitrogens with two attached hydrogens (primary N) is 1. The van der Waals surface area contributed by atoms with Crippen molar-refractivity contribution in [1.29, 1.82) is 0 Å². The van der Waals surface area contributed by atoms with Crippen LogP contribution < -0.4 is 5.73 Å². The van der Waals surface area contributed by atoms with Gasteiger partial charge in [-0.15, -0.1) is 36.2 Å². The summed E-state index contributed by atoms with van der Waals surface area (Å²) in [5.74, 6) is -0.128. The van der Waals surface area contributed by atoms with Crippen LogP contribution in [0, 0.1) is 11.2 Å². The van der Waals surface area contributed by atoms with Crippen LogP contribution in [0.5, 0.6) is 0 Å². The first-order valence-electron chi connectivity index (χ1n) is 8.54. The molecule has 4 nitrogen and oxygen atoms in total. The molecule has 0 bridgehead atoms. The maximum atomic E-state index is 13.0. The highest BCUT2D eigenvalue weighted by atomic mass is 35.5. The summed E-state index contributed by atoms with van der Waals surface area (Å²) in [7, 11) is 0. The molecule has 27 heavy (non-hydrogen) atoms. The number of carbonyl (C=O) groups is 1. The van der Waals surface area contributed by atoms with Crippen LogP contribution in [0.4, 0.5) is 4.39 Å². The van der Waals surface area contributed by atoms with E-state index in [1.54, 1.807) is 23.5 Å². The van der Waals surface area contributed by atoms with Crippen LogP contribution in [0.25, 0.3) is 0 Å². The summed E-state index contributed by atoms with van der Waals surface area (Å²) in [6.45, 7) is 5.64. The van der Waals surface area contributed by atoms with Gasteiger partial charge in [0, 0.05) is 30.9 Å². The number of benzene rings is 1. The van der Waals surface area contributed by atoms with Crippen molar-refractivity contribution in [3.63, 3.8) is 0 Å². The Morgan fingerprint density at radius 3 is 2.63 bits per heavy atom. The van der Waals surface area contributed by atoms with Gasteiger partial charge in [0.25, 0.3) is 0 Å². The topological polar surface area (TPSA) is 59.2 Å². The summed E-state index contributed by atoms with van der Waals surface area (Å²) < 4.78 is 13.0. The SMILES string of the molecule is CC1(C)CN(C(=O)Cc2csc(Cc3ccc(F)cc3)n2)CCC1N.Cl.Cl. The minimum absolute atomic E-state index is 0. The Balaban J connectivity index is 0.00000182. The Morgan fingerprint density at radius 2 is 2.00 bits per heavy atom. The molecule has 2 heterocycles. The van der Waals surface area contributed by atoms with E-state index in [0.717, 1.165) is 29.2 Å². The normalized spacial score (nSPS) is 18.4. The molecule has 2 N–H and O–H groups in total. The second kappa shape index (κ2) is 9.82. The molecule has 1 amide bonds. The first-order valence-corrected chi connectivity index (χ1v) is 9.42. The highest BCUT2D eigenvalue weighted by molar-refractivity contribution is 7.09. The molecule has 1 saturated heterocycles. The van der Waals surface area contributed by atoms with Crippen molar-refractivity contribution < 1.29 is 9.18 Å². The molecule has 1 fully saturated rings. The molecule has 1 aromatic heterocycles. The van der Waals surface area contributed by atoms with Crippen molar-refractivity contribution in [2.24, 2.45) is 11.1 Å². The molecular formula is C19H26Cl2FN3OS. The van der Waals surface area contributed by atoms with E-state index in [-0.39, 0.29) is 48.0 Å². The van der Waals surface area contributed by atoms with Gasteiger partial charge in [0.2, 0.25) is 5.91 Å². The number of carbonyl (C=O) groups excluding carboxylic acids is 1. The number of likely N-dealkylation sites (tertiary alicyclic amines) is 1. The maximum absolute atomic E-state index is 13.0. The monoisotopic (exact) mass is 433 g/mol. The average molecular weight is 434 g/mol. The Morgan fingerprint density at radius 1 is 1.33 bits per heavy atom. The predicted octanol–water partition coefficient (Wildman–Crippen LogP) is 3.84. The van der Waals surface area contributed by atoms with Crippen LogP contribution in [-0.4, -0.2) is 34.9 Å². The van der Waals surface area contributed by atoms with Gasteiger partial charge >= 0.3 is 0 Å². The quantitative estimate of drug-likeness (QED) is 0.796. The number of aromatic nitrogens is 1. The highest BCUT2D eigenvalue weighted by Crippen LogP contribution is 2.28. The molecule has 0 radical (unpaired) electrons. The standard InChI is InChI=1S/C19H24FN3OS.2ClH/c1-19(2)12-23(8-7-16(19)21)18(24)10-15-11-25-17(22-15)9-13-3-5-14(20)6-4-13;;/h3-6,11,16H,7-10,12,21H2,1-2H3;2*1H. The molecule has 0 spiro atoms. The summed E-state index contributed by atoms with van der Waals surface area (Å²) in [6.07, 6.45) is 1.82. The third kappa shape index (κ3) is 6.14. The van der Waals surface area contributed by atoms with Gasteiger partial charge in [-0.2, -0.15) is 0 Å². The molecule has 3 rings (SSSR count). The number of nitrogens with zero attached hydrogens (tertiary/aromatic N) is 2. The van der Waals surface area contributed by atoms with Gasteiger partial charge < -0.3 is 10.6 Å². The molecule has 1 atom stereocenters. The minimum Gasteiger partial charge on any atom is -0.342 e. The molecule has 1 unspecified atom stereocenters.